The molecule has 0 aromatic rings. The highest BCUT2D eigenvalue weighted by atomic mass is 16.1. The normalized spacial score (nSPS) is 46.1. The van der Waals surface area contributed by atoms with Crippen molar-refractivity contribution in [3.8, 4) is 0 Å². The van der Waals surface area contributed by atoms with Crippen molar-refractivity contribution in [2.75, 3.05) is 0 Å². The summed E-state index contributed by atoms with van der Waals surface area (Å²) in [6.07, 6.45) is 4.58. The van der Waals surface area contributed by atoms with Gasteiger partial charge >= 0.3 is 0 Å². The monoisotopic (exact) mass is 138 g/mol. The standard InChI is InChI=1S/C9H14O/c1-6-4-8-3-2-7(6)5-9(8)10/h6-8H,2-5H2,1H3/t6?,7-,8-/m0/s1. The number of hydrogen-bond donors (Lipinski definition) is 0. The molecule has 3 rings (SSSR count). The maximum Gasteiger partial charge on any atom is 0.136 e. The van der Waals surface area contributed by atoms with Crippen LogP contribution in [-0.2, 0) is 4.79 Å². The molecule has 0 N–H and O–H groups in total. The summed E-state index contributed by atoms with van der Waals surface area (Å²) in [7, 11) is 0. The summed E-state index contributed by atoms with van der Waals surface area (Å²) >= 11 is 0. The molecular formula is C9H14O. The average Bonchev–Trinajstić information content (AvgIpc) is 1.91. The molecule has 3 atom stereocenters. The van der Waals surface area contributed by atoms with Crippen molar-refractivity contribution in [3.05, 3.63) is 0 Å². The molecule has 1 heteroatoms. The van der Waals surface area contributed by atoms with Gasteiger partial charge in [0.15, 0.2) is 0 Å². The first kappa shape index (κ1) is 6.38. The quantitative estimate of drug-likeness (QED) is 0.500. The van der Waals surface area contributed by atoms with Gasteiger partial charge in [0.05, 0.1) is 0 Å². The van der Waals surface area contributed by atoms with Crippen molar-refractivity contribution >= 4 is 5.78 Å². The van der Waals surface area contributed by atoms with Crippen LogP contribution < -0.4 is 0 Å². The largest absolute Gasteiger partial charge is 0.299 e. The molecule has 0 aromatic carbocycles. The molecule has 3 fully saturated rings. The van der Waals surface area contributed by atoms with Gasteiger partial charge in [-0.1, -0.05) is 6.92 Å². The van der Waals surface area contributed by atoms with E-state index in [0.717, 1.165) is 18.3 Å². The first-order chi connectivity index (χ1) is 4.77. The summed E-state index contributed by atoms with van der Waals surface area (Å²) < 4.78 is 0. The summed E-state index contributed by atoms with van der Waals surface area (Å²) in [5, 5.41) is 0. The van der Waals surface area contributed by atoms with Crippen molar-refractivity contribution < 1.29 is 4.79 Å². The Hall–Kier alpha value is -0.330. The number of carbonyl (C=O) groups is 1. The molecule has 0 spiro atoms. The van der Waals surface area contributed by atoms with Gasteiger partial charge in [0.25, 0.3) is 0 Å². The van der Waals surface area contributed by atoms with Gasteiger partial charge in [-0.05, 0) is 31.1 Å². The van der Waals surface area contributed by atoms with Crippen molar-refractivity contribution in [2.45, 2.75) is 32.6 Å². The van der Waals surface area contributed by atoms with Crippen LogP contribution in [0.4, 0.5) is 0 Å². The third kappa shape index (κ3) is 0.799. The Kier molecular flexibility index (Phi) is 1.33. The lowest BCUT2D eigenvalue weighted by Gasteiger charge is -2.39. The van der Waals surface area contributed by atoms with E-state index in [9.17, 15) is 4.79 Å². The summed E-state index contributed by atoms with van der Waals surface area (Å²) in [5.41, 5.74) is 0. The number of ketones is 1. The van der Waals surface area contributed by atoms with Crippen molar-refractivity contribution in [1.82, 2.24) is 0 Å². The van der Waals surface area contributed by atoms with Crippen LogP contribution in [0.25, 0.3) is 0 Å². The van der Waals surface area contributed by atoms with E-state index >= 15 is 0 Å². The molecular weight excluding hydrogens is 124 g/mol. The fourth-order valence-electron chi connectivity index (χ4n) is 2.48. The molecule has 0 amide bonds. The Balaban J connectivity index is 2.16. The molecule has 1 nitrogen and oxygen atoms in total. The molecule has 1 unspecified atom stereocenters. The van der Waals surface area contributed by atoms with Crippen LogP contribution in [0.5, 0.6) is 0 Å². The predicted molar refractivity (Wildman–Crippen MR) is 39.6 cm³/mol. The molecule has 0 aromatic heterocycles. The number of rotatable bonds is 0. The van der Waals surface area contributed by atoms with Crippen LogP contribution in [0.1, 0.15) is 32.6 Å². The van der Waals surface area contributed by atoms with E-state index in [4.69, 9.17) is 0 Å². The van der Waals surface area contributed by atoms with Crippen molar-refractivity contribution in [3.63, 3.8) is 0 Å². The molecule has 56 valence electrons. The minimum Gasteiger partial charge on any atom is -0.299 e. The molecule has 0 saturated heterocycles. The first-order valence-corrected chi connectivity index (χ1v) is 4.30. The predicted octanol–water partition coefficient (Wildman–Crippen LogP) is 2.01. The summed E-state index contributed by atoms with van der Waals surface area (Å²) in [6.45, 7) is 2.29. The Bertz CT molecular complexity index is 162. The van der Waals surface area contributed by atoms with Gasteiger partial charge in [0.1, 0.15) is 5.78 Å². The van der Waals surface area contributed by atoms with E-state index in [1.54, 1.807) is 0 Å². The van der Waals surface area contributed by atoms with Gasteiger partial charge in [-0.3, -0.25) is 4.79 Å². The second-order valence-electron chi connectivity index (χ2n) is 3.92. The smallest absolute Gasteiger partial charge is 0.136 e. The van der Waals surface area contributed by atoms with Gasteiger partial charge in [-0.2, -0.15) is 0 Å². The maximum absolute atomic E-state index is 11.2. The van der Waals surface area contributed by atoms with Crippen LogP contribution in [-0.4, -0.2) is 5.78 Å². The highest BCUT2D eigenvalue weighted by Gasteiger charge is 2.38. The highest BCUT2D eigenvalue weighted by molar-refractivity contribution is 5.82. The zero-order chi connectivity index (χ0) is 7.14. The first-order valence-electron chi connectivity index (χ1n) is 4.30. The minimum atomic E-state index is 0.458. The van der Waals surface area contributed by atoms with E-state index in [0.29, 0.717) is 11.7 Å². The number of carbonyl (C=O) groups excluding carboxylic acids is 1. The lowest BCUT2D eigenvalue weighted by Crippen LogP contribution is -2.36. The number of hydrogen-bond acceptors (Lipinski definition) is 1. The van der Waals surface area contributed by atoms with E-state index in [1.165, 1.54) is 19.3 Å². The van der Waals surface area contributed by atoms with Gasteiger partial charge in [0.2, 0.25) is 0 Å². The minimum absolute atomic E-state index is 0.458. The van der Waals surface area contributed by atoms with Gasteiger partial charge in [-0.15, -0.1) is 0 Å². The van der Waals surface area contributed by atoms with Crippen molar-refractivity contribution in [2.24, 2.45) is 17.8 Å². The number of Topliss-reactive ketones (excluding diaryl/α,β-unsaturated/α-hetero) is 1. The fourth-order valence-corrected chi connectivity index (χ4v) is 2.48. The molecule has 0 heterocycles. The van der Waals surface area contributed by atoms with Crippen LogP contribution in [0.15, 0.2) is 0 Å². The van der Waals surface area contributed by atoms with Crippen LogP contribution in [0.3, 0.4) is 0 Å². The highest BCUT2D eigenvalue weighted by Crippen LogP contribution is 2.42. The molecule has 3 aliphatic carbocycles. The Morgan fingerprint density at radius 3 is 2.50 bits per heavy atom. The second kappa shape index (κ2) is 2.08. The van der Waals surface area contributed by atoms with E-state index < -0.39 is 0 Å². The van der Waals surface area contributed by atoms with Crippen LogP contribution in [0.2, 0.25) is 0 Å². The van der Waals surface area contributed by atoms with Gasteiger partial charge < -0.3 is 0 Å². The zero-order valence-electron chi connectivity index (χ0n) is 6.47. The molecule has 3 saturated carbocycles. The maximum atomic E-state index is 11.2. The SMILES string of the molecule is CC1C[C@@H]2CC[C@H]1CC2=O. The summed E-state index contributed by atoms with van der Waals surface area (Å²) in [5.74, 6) is 2.59. The Morgan fingerprint density at radius 1 is 1.40 bits per heavy atom. The van der Waals surface area contributed by atoms with Gasteiger partial charge in [-0.25, -0.2) is 0 Å². The summed E-state index contributed by atoms with van der Waals surface area (Å²) in [6, 6.07) is 0. The molecule has 0 aliphatic heterocycles. The molecule has 10 heavy (non-hydrogen) atoms. The average molecular weight is 138 g/mol. The lowest BCUT2D eigenvalue weighted by atomic mass is 9.65. The molecule has 0 radical (unpaired) electrons. The van der Waals surface area contributed by atoms with E-state index in [-0.39, 0.29) is 0 Å². The third-order valence-corrected chi connectivity index (χ3v) is 3.27. The van der Waals surface area contributed by atoms with Gasteiger partial charge in [0, 0.05) is 12.3 Å². The molecule has 2 bridgehead atoms. The van der Waals surface area contributed by atoms with Crippen LogP contribution >= 0.6 is 0 Å². The Morgan fingerprint density at radius 2 is 2.20 bits per heavy atom. The van der Waals surface area contributed by atoms with E-state index in [1.807, 2.05) is 0 Å². The zero-order valence-corrected chi connectivity index (χ0v) is 6.47. The van der Waals surface area contributed by atoms with E-state index in [2.05, 4.69) is 6.92 Å². The Labute approximate surface area is 61.8 Å². The lowest BCUT2D eigenvalue weighted by molar-refractivity contribution is -0.131. The third-order valence-electron chi connectivity index (χ3n) is 3.27. The molecule has 3 aliphatic rings. The second-order valence-corrected chi connectivity index (χ2v) is 3.92. The fraction of sp³-hybridized carbons (Fsp3) is 0.889. The summed E-state index contributed by atoms with van der Waals surface area (Å²) in [4.78, 5) is 11.2. The van der Waals surface area contributed by atoms with Crippen LogP contribution in [0, 0.1) is 17.8 Å². The number of fused-ring (bicyclic) bond motifs is 3. The van der Waals surface area contributed by atoms with Crippen molar-refractivity contribution in [1.29, 1.82) is 0 Å². The topological polar surface area (TPSA) is 17.1 Å².